The van der Waals surface area contributed by atoms with Crippen LogP contribution < -0.4 is 4.90 Å². The number of halogens is 1. The third kappa shape index (κ3) is 4.27. The van der Waals surface area contributed by atoms with E-state index in [9.17, 15) is 19.5 Å². The van der Waals surface area contributed by atoms with Crippen LogP contribution in [0.25, 0.3) is 0 Å². The first kappa shape index (κ1) is 26.0. The Kier molecular flexibility index (Phi) is 7.83. The third-order valence-electron chi connectivity index (χ3n) is 7.44. The van der Waals surface area contributed by atoms with E-state index in [2.05, 4.69) is 6.58 Å². The fourth-order valence-electron chi connectivity index (χ4n) is 6.11. The van der Waals surface area contributed by atoms with Gasteiger partial charge in [-0.05, 0) is 51.2 Å². The third-order valence-corrected chi connectivity index (χ3v) is 9.69. The maximum absolute atomic E-state index is 14.4. The largest absolute Gasteiger partial charge is 0.466 e. The van der Waals surface area contributed by atoms with E-state index >= 15 is 0 Å². The fourth-order valence-corrected chi connectivity index (χ4v) is 8.63. The molecule has 0 aliphatic carbocycles. The summed E-state index contributed by atoms with van der Waals surface area (Å²) >= 11 is 8.18. The lowest BCUT2D eigenvalue weighted by atomic mass is 9.71. The quantitative estimate of drug-likeness (QED) is 0.288. The second kappa shape index (κ2) is 10.5. The van der Waals surface area contributed by atoms with Gasteiger partial charge < -0.3 is 19.6 Å². The highest BCUT2D eigenvalue weighted by molar-refractivity contribution is 8.02. The number of thioether (sulfide) groups is 1. The molecular formula is C26H33ClN2O5S. The van der Waals surface area contributed by atoms with Crippen molar-refractivity contribution in [1.82, 2.24) is 4.90 Å². The minimum absolute atomic E-state index is 0.0128. The number of aliphatic hydroxyl groups is 1. The highest BCUT2D eigenvalue weighted by atomic mass is 35.5. The van der Waals surface area contributed by atoms with Crippen LogP contribution in [0.2, 0.25) is 5.02 Å². The van der Waals surface area contributed by atoms with Crippen molar-refractivity contribution in [1.29, 1.82) is 0 Å². The number of benzene rings is 1. The van der Waals surface area contributed by atoms with E-state index in [1.165, 1.54) is 0 Å². The maximum atomic E-state index is 14.4. The number of aryl methyl sites for hydroxylation is 1. The van der Waals surface area contributed by atoms with Crippen LogP contribution in [0.1, 0.15) is 38.2 Å². The number of carbonyl (C=O) groups is 3. The number of carbonyl (C=O) groups excluding carboxylic acids is 3. The van der Waals surface area contributed by atoms with Crippen LogP contribution in [-0.2, 0) is 19.1 Å². The average Bonchev–Trinajstić information content (AvgIpc) is 3.46. The summed E-state index contributed by atoms with van der Waals surface area (Å²) in [6.45, 7) is 8.36. The van der Waals surface area contributed by atoms with Crippen molar-refractivity contribution >= 4 is 46.8 Å². The molecule has 7 nitrogen and oxygen atoms in total. The molecule has 4 rings (SSSR count). The van der Waals surface area contributed by atoms with Crippen LogP contribution in [0, 0.1) is 18.8 Å². The number of hydrogen-bond donors (Lipinski definition) is 1. The molecule has 1 spiro atoms. The highest BCUT2D eigenvalue weighted by Crippen LogP contribution is 2.66. The summed E-state index contributed by atoms with van der Waals surface area (Å²) in [6.07, 6.45) is 4.20. The van der Waals surface area contributed by atoms with Crippen molar-refractivity contribution in [3.05, 3.63) is 41.4 Å². The van der Waals surface area contributed by atoms with Gasteiger partial charge in [0, 0.05) is 24.9 Å². The standard InChI is InChI=1S/C26H33ClN2O5S/c1-4-13-28(21-16(3)9-8-10-17(21)27)24(32)22-26-12-11-18(35-26)19(25(33)34-5-2)20(26)23(31)29(22)14-6-7-15-30/h4,8-10,18-20,22,30H,1,5-7,11-15H2,2-3H3/t18-,19+,20-,22?,26?/m0/s1. The minimum atomic E-state index is -0.733. The Bertz CT molecular complexity index is 999. The second-order valence-electron chi connectivity index (χ2n) is 9.41. The van der Waals surface area contributed by atoms with Crippen molar-refractivity contribution in [2.45, 2.75) is 55.6 Å². The summed E-state index contributed by atoms with van der Waals surface area (Å²) in [4.78, 5) is 44.5. The zero-order chi connectivity index (χ0) is 25.3. The lowest BCUT2D eigenvalue weighted by Crippen LogP contribution is -2.55. The first-order valence-electron chi connectivity index (χ1n) is 12.3. The Balaban J connectivity index is 1.78. The van der Waals surface area contributed by atoms with Crippen LogP contribution in [0.4, 0.5) is 5.69 Å². The lowest BCUT2D eigenvalue weighted by molar-refractivity contribution is -0.153. The molecule has 9 heteroatoms. The molecule has 3 aliphatic heterocycles. The molecule has 2 bridgehead atoms. The first-order chi connectivity index (χ1) is 16.8. The van der Waals surface area contributed by atoms with Gasteiger partial charge >= 0.3 is 5.97 Å². The van der Waals surface area contributed by atoms with E-state index in [1.54, 1.807) is 40.6 Å². The second-order valence-corrected chi connectivity index (χ2v) is 11.4. The van der Waals surface area contributed by atoms with Crippen LogP contribution in [0.5, 0.6) is 0 Å². The van der Waals surface area contributed by atoms with Crippen LogP contribution >= 0.6 is 23.4 Å². The number of amides is 2. The minimum Gasteiger partial charge on any atom is -0.466 e. The van der Waals surface area contributed by atoms with Gasteiger partial charge in [0.1, 0.15) is 6.04 Å². The van der Waals surface area contributed by atoms with Gasteiger partial charge in [-0.3, -0.25) is 14.4 Å². The zero-order valence-electron chi connectivity index (χ0n) is 20.2. The molecule has 1 N–H and O–H groups in total. The number of unbranched alkanes of at least 4 members (excludes halogenated alkanes) is 1. The average molecular weight is 521 g/mol. The topological polar surface area (TPSA) is 87.2 Å². The molecule has 35 heavy (non-hydrogen) atoms. The van der Waals surface area contributed by atoms with Crippen LogP contribution in [0.15, 0.2) is 30.9 Å². The number of rotatable bonds is 10. The van der Waals surface area contributed by atoms with Crippen molar-refractivity contribution in [3.63, 3.8) is 0 Å². The van der Waals surface area contributed by atoms with E-state index in [-0.39, 0.29) is 42.8 Å². The Morgan fingerprint density at radius 1 is 1.40 bits per heavy atom. The van der Waals surface area contributed by atoms with Crippen LogP contribution in [-0.4, -0.2) is 70.1 Å². The summed E-state index contributed by atoms with van der Waals surface area (Å²) in [7, 11) is 0. The van der Waals surface area contributed by atoms with Gasteiger partial charge in [0.2, 0.25) is 5.91 Å². The van der Waals surface area contributed by atoms with Crippen molar-refractivity contribution < 1.29 is 24.2 Å². The maximum Gasteiger partial charge on any atom is 0.310 e. The van der Waals surface area contributed by atoms with Crippen molar-refractivity contribution in [2.75, 3.05) is 31.2 Å². The molecular weight excluding hydrogens is 488 g/mol. The SMILES string of the molecule is C=CCN(C(=O)C1N(CCCCO)C(=O)[C@@H]2[C@H](C(=O)OCC)[C@@H]3CCC12S3)c1c(C)cccc1Cl. The van der Waals surface area contributed by atoms with Gasteiger partial charge in [-0.1, -0.05) is 29.8 Å². The summed E-state index contributed by atoms with van der Waals surface area (Å²) in [5.74, 6) is -1.86. The fraction of sp³-hybridized carbons (Fsp3) is 0.577. The molecule has 5 atom stereocenters. The molecule has 2 amide bonds. The van der Waals surface area contributed by atoms with E-state index in [0.29, 0.717) is 36.5 Å². The lowest BCUT2D eigenvalue weighted by Gasteiger charge is -2.37. The summed E-state index contributed by atoms with van der Waals surface area (Å²) in [5.41, 5.74) is 1.46. The Hall–Kier alpha value is -2.03. The number of hydrogen-bond acceptors (Lipinski definition) is 6. The predicted molar refractivity (Wildman–Crippen MR) is 138 cm³/mol. The molecule has 3 saturated heterocycles. The number of aliphatic hydroxyl groups excluding tert-OH is 1. The van der Waals surface area contributed by atoms with Gasteiger partial charge in [-0.15, -0.1) is 18.3 Å². The predicted octanol–water partition coefficient (Wildman–Crippen LogP) is 3.59. The van der Waals surface area contributed by atoms with Crippen molar-refractivity contribution in [2.24, 2.45) is 11.8 Å². The highest BCUT2D eigenvalue weighted by Gasteiger charge is 2.74. The van der Waals surface area contributed by atoms with Gasteiger partial charge in [-0.25, -0.2) is 0 Å². The molecule has 2 unspecified atom stereocenters. The summed E-state index contributed by atoms with van der Waals surface area (Å²) in [5, 5.41) is 9.74. The van der Waals surface area contributed by atoms with E-state index in [1.807, 2.05) is 19.1 Å². The molecule has 0 saturated carbocycles. The molecule has 0 radical (unpaired) electrons. The monoisotopic (exact) mass is 520 g/mol. The van der Waals surface area contributed by atoms with E-state index in [4.69, 9.17) is 16.3 Å². The van der Waals surface area contributed by atoms with E-state index < -0.39 is 22.6 Å². The van der Waals surface area contributed by atoms with Gasteiger partial charge in [0.15, 0.2) is 0 Å². The Morgan fingerprint density at radius 3 is 2.83 bits per heavy atom. The molecule has 1 aromatic carbocycles. The van der Waals surface area contributed by atoms with Gasteiger partial charge in [-0.2, -0.15) is 0 Å². The number of anilines is 1. The van der Waals surface area contributed by atoms with Crippen LogP contribution in [0.3, 0.4) is 0 Å². The van der Waals surface area contributed by atoms with Gasteiger partial charge in [0.05, 0.1) is 33.9 Å². The number of para-hydroxylation sites is 1. The Morgan fingerprint density at radius 2 is 2.17 bits per heavy atom. The molecule has 0 aromatic heterocycles. The number of nitrogens with zero attached hydrogens (tertiary/aromatic N) is 2. The molecule has 1 aromatic rings. The number of ether oxygens (including phenoxy) is 1. The zero-order valence-corrected chi connectivity index (χ0v) is 21.8. The normalized spacial score (nSPS) is 28.8. The Labute approximate surface area is 215 Å². The number of esters is 1. The van der Waals surface area contributed by atoms with Crippen molar-refractivity contribution in [3.8, 4) is 0 Å². The van der Waals surface area contributed by atoms with E-state index in [0.717, 1.165) is 12.0 Å². The molecule has 190 valence electrons. The number of fused-ring (bicyclic) bond motifs is 1. The molecule has 3 heterocycles. The smallest absolute Gasteiger partial charge is 0.310 e. The molecule has 3 aliphatic rings. The number of likely N-dealkylation sites (tertiary alicyclic amines) is 1. The molecule has 3 fully saturated rings. The first-order valence-corrected chi connectivity index (χ1v) is 13.5. The summed E-state index contributed by atoms with van der Waals surface area (Å²) < 4.78 is 4.68. The van der Waals surface area contributed by atoms with Gasteiger partial charge in [0.25, 0.3) is 5.91 Å². The summed E-state index contributed by atoms with van der Waals surface area (Å²) in [6, 6.07) is 4.76.